The van der Waals surface area contributed by atoms with Gasteiger partial charge in [0.15, 0.2) is 0 Å². The number of hydrogen-bond donors (Lipinski definition) is 3. The third kappa shape index (κ3) is 5.24. The molecule has 3 heterocycles. The molecule has 1 unspecified atom stereocenters. The van der Waals surface area contributed by atoms with Gasteiger partial charge in [-0.05, 0) is 74.9 Å². The quantitative estimate of drug-likeness (QED) is 0.221. The van der Waals surface area contributed by atoms with Gasteiger partial charge in [-0.25, -0.2) is 9.37 Å². The number of amides is 2. The minimum atomic E-state index is -4.78. The molecule has 0 spiro atoms. The number of alkyl halides is 3. The molecule has 246 valence electrons. The molecule has 2 aromatic carbocycles. The van der Waals surface area contributed by atoms with Gasteiger partial charge in [0.05, 0.1) is 31.0 Å². The number of carbonyl (C=O) groups is 2. The topological polar surface area (TPSA) is 142 Å². The predicted octanol–water partition coefficient (Wildman–Crippen LogP) is 4.76. The summed E-state index contributed by atoms with van der Waals surface area (Å²) in [5.41, 5.74) is 1.91. The Balaban J connectivity index is 1.27. The zero-order valence-corrected chi connectivity index (χ0v) is 25.4. The number of rotatable bonds is 9. The number of pyridine rings is 1. The van der Waals surface area contributed by atoms with E-state index in [0.29, 0.717) is 47.7 Å². The van der Waals surface area contributed by atoms with Crippen LogP contribution in [-0.2, 0) is 22.0 Å². The summed E-state index contributed by atoms with van der Waals surface area (Å²) in [6.45, 7) is 0.982. The molecule has 0 bridgehead atoms. The molecule has 3 aliphatic rings. The molecule has 2 amide bonds. The number of hydrogen-bond acceptors (Lipinski definition) is 7. The van der Waals surface area contributed by atoms with Gasteiger partial charge in [-0.1, -0.05) is 0 Å². The molecule has 47 heavy (non-hydrogen) atoms. The lowest BCUT2D eigenvalue weighted by Gasteiger charge is -2.30. The highest BCUT2D eigenvalue weighted by Gasteiger charge is 2.50. The molecule has 2 atom stereocenters. The van der Waals surface area contributed by atoms with E-state index in [4.69, 9.17) is 15.2 Å². The Morgan fingerprint density at radius 3 is 2.53 bits per heavy atom. The van der Waals surface area contributed by atoms with Gasteiger partial charge in [0.2, 0.25) is 5.91 Å². The fourth-order valence-corrected chi connectivity index (χ4v) is 6.13. The highest BCUT2D eigenvalue weighted by atomic mass is 19.4. The van der Waals surface area contributed by atoms with E-state index < -0.39 is 40.4 Å². The van der Waals surface area contributed by atoms with Crippen LogP contribution in [0.15, 0.2) is 42.6 Å². The number of nitrogens with zero attached hydrogens (tertiary/aromatic N) is 3. The number of nitrogens with one attached hydrogen (secondary N) is 1. The first kappa shape index (κ1) is 30.9. The van der Waals surface area contributed by atoms with Crippen molar-refractivity contribution in [1.82, 2.24) is 20.1 Å². The zero-order valence-electron chi connectivity index (χ0n) is 25.4. The number of primary amides is 1. The van der Waals surface area contributed by atoms with Crippen molar-refractivity contribution in [3.63, 3.8) is 0 Å². The first-order valence-corrected chi connectivity index (χ1v) is 15.2. The molecule has 14 heteroatoms. The van der Waals surface area contributed by atoms with Crippen LogP contribution in [0.5, 0.6) is 11.5 Å². The molecule has 1 aliphatic heterocycles. The number of ether oxygens (including phenoxy) is 2. The van der Waals surface area contributed by atoms with Crippen LogP contribution in [0.4, 0.5) is 17.6 Å². The number of halogens is 4. The van der Waals surface area contributed by atoms with E-state index in [0.717, 1.165) is 18.9 Å². The molecule has 0 saturated heterocycles. The van der Waals surface area contributed by atoms with Crippen molar-refractivity contribution in [3.05, 3.63) is 70.8 Å². The van der Waals surface area contributed by atoms with Gasteiger partial charge in [-0.15, -0.1) is 0 Å². The van der Waals surface area contributed by atoms with Crippen LogP contribution in [0.1, 0.15) is 65.8 Å². The summed E-state index contributed by atoms with van der Waals surface area (Å²) < 4.78 is 68.4. The number of nitrogens with two attached hydrogens (primary N) is 1. The average molecular weight is 654 g/mol. The van der Waals surface area contributed by atoms with Gasteiger partial charge in [0.25, 0.3) is 5.91 Å². The van der Waals surface area contributed by atoms with Crippen LogP contribution in [0.25, 0.3) is 22.2 Å². The third-order valence-corrected chi connectivity index (χ3v) is 9.38. The van der Waals surface area contributed by atoms with E-state index in [-0.39, 0.29) is 52.9 Å². The predicted molar refractivity (Wildman–Crippen MR) is 160 cm³/mol. The summed E-state index contributed by atoms with van der Waals surface area (Å²) >= 11 is 0. The summed E-state index contributed by atoms with van der Waals surface area (Å²) in [6, 6.07) is 7.02. The summed E-state index contributed by atoms with van der Waals surface area (Å²) in [7, 11) is 1.48. The van der Waals surface area contributed by atoms with Crippen LogP contribution >= 0.6 is 0 Å². The Morgan fingerprint density at radius 1 is 1.17 bits per heavy atom. The maximum Gasteiger partial charge on any atom is 0.416 e. The number of benzene rings is 2. The van der Waals surface area contributed by atoms with Crippen molar-refractivity contribution in [2.24, 2.45) is 11.7 Å². The summed E-state index contributed by atoms with van der Waals surface area (Å²) in [4.78, 5) is 30.7. The fraction of sp³-hybridized carbons (Fsp3) is 0.394. The number of methoxy groups -OCH3 is 1. The van der Waals surface area contributed by atoms with E-state index in [1.54, 1.807) is 12.1 Å². The Hall–Kier alpha value is -4.72. The monoisotopic (exact) mass is 653 g/mol. The molecular weight excluding hydrogens is 622 g/mol. The van der Waals surface area contributed by atoms with E-state index >= 15 is 4.39 Å². The van der Waals surface area contributed by atoms with Crippen molar-refractivity contribution in [2.45, 2.75) is 55.8 Å². The summed E-state index contributed by atoms with van der Waals surface area (Å²) in [6.07, 6.45) is 0.295. The van der Waals surface area contributed by atoms with Crippen molar-refractivity contribution < 1.29 is 41.7 Å². The number of fused-ring (bicyclic) bond motifs is 2. The second-order valence-electron chi connectivity index (χ2n) is 12.7. The van der Waals surface area contributed by atoms with E-state index in [1.807, 2.05) is 10.9 Å². The zero-order chi connectivity index (χ0) is 33.5. The SMILES string of the molecule is COc1cc(C(=O)NCC(O)(c2cc3c(c(-c4ccc(C(F)(F)F)cc4F)n2)OC[C@]3(C)C(N)=O)C2CC2)cc2cn(C3CC3)nc12. The maximum absolute atomic E-state index is 15.3. The normalized spacial score (nSPS) is 20.4. The lowest BCUT2D eigenvalue weighted by atomic mass is 9.81. The summed E-state index contributed by atoms with van der Waals surface area (Å²) in [5.74, 6) is -2.47. The van der Waals surface area contributed by atoms with Crippen LogP contribution < -0.4 is 20.5 Å². The first-order chi connectivity index (χ1) is 22.2. The largest absolute Gasteiger partial charge is 0.494 e. The minimum Gasteiger partial charge on any atom is -0.494 e. The van der Waals surface area contributed by atoms with Crippen LogP contribution in [-0.4, -0.2) is 51.9 Å². The molecule has 4 aromatic rings. The van der Waals surface area contributed by atoms with E-state index in [2.05, 4.69) is 15.4 Å². The highest BCUT2D eigenvalue weighted by Crippen LogP contribution is 2.50. The second kappa shape index (κ2) is 10.7. The Bertz CT molecular complexity index is 1950. The Labute approximate surface area is 265 Å². The van der Waals surface area contributed by atoms with Crippen molar-refractivity contribution in [2.75, 3.05) is 20.3 Å². The molecule has 2 fully saturated rings. The average Bonchev–Trinajstić information content (AvgIpc) is 3.98. The maximum atomic E-state index is 15.3. The highest BCUT2D eigenvalue weighted by molar-refractivity contribution is 6.00. The number of aliphatic hydroxyl groups is 1. The van der Waals surface area contributed by atoms with Gasteiger partial charge in [-0.2, -0.15) is 18.3 Å². The number of aromatic nitrogens is 3. The Kier molecular flexibility index (Phi) is 7.01. The third-order valence-electron chi connectivity index (χ3n) is 9.38. The van der Waals surface area contributed by atoms with Crippen molar-refractivity contribution in [1.29, 1.82) is 0 Å². The molecule has 0 radical (unpaired) electrons. The van der Waals surface area contributed by atoms with Crippen LogP contribution in [0.3, 0.4) is 0 Å². The smallest absolute Gasteiger partial charge is 0.416 e. The fourth-order valence-electron chi connectivity index (χ4n) is 6.13. The van der Waals surface area contributed by atoms with Gasteiger partial charge < -0.3 is 25.6 Å². The van der Waals surface area contributed by atoms with E-state index in [1.165, 1.54) is 20.1 Å². The van der Waals surface area contributed by atoms with Crippen LogP contribution in [0, 0.1) is 11.7 Å². The molecule has 2 aromatic heterocycles. The van der Waals surface area contributed by atoms with Gasteiger partial charge in [-0.3, -0.25) is 14.3 Å². The summed E-state index contributed by atoms with van der Waals surface area (Å²) in [5, 5.41) is 20.3. The van der Waals surface area contributed by atoms with Gasteiger partial charge in [0.1, 0.15) is 46.1 Å². The van der Waals surface area contributed by atoms with Gasteiger partial charge in [0, 0.05) is 28.3 Å². The molecule has 7 rings (SSSR count). The van der Waals surface area contributed by atoms with Crippen LogP contribution in [0.2, 0.25) is 0 Å². The molecular formula is C33H31F4N5O5. The standard InChI is InChI=1S/C33H31F4N5O5/c1-31(30(38)44)15-47-28-22(31)12-25(40-27(28)21-8-5-19(11-23(21)34)33(35,36)37)32(45,18-3-4-18)14-39-29(43)16-9-17-13-42(20-6-7-20)41-26(17)24(10-16)46-2/h5,8-13,18,20,45H,3-4,6-7,14-15H2,1-2H3,(H2,38,44)(H,39,43)/t31-,32?/m0/s1. The Morgan fingerprint density at radius 2 is 1.91 bits per heavy atom. The van der Waals surface area contributed by atoms with Crippen molar-refractivity contribution >= 4 is 22.7 Å². The minimum absolute atomic E-state index is 0.00920. The lowest BCUT2D eigenvalue weighted by Crippen LogP contribution is -2.44. The first-order valence-electron chi connectivity index (χ1n) is 15.2. The second-order valence-corrected chi connectivity index (χ2v) is 12.7. The molecule has 2 saturated carbocycles. The molecule has 2 aliphatic carbocycles. The number of carbonyl (C=O) groups excluding carboxylic acids is 2. The lowest BCUT2D eigenvalue weighted by molar-refractivity contribution is -0.137. The van der Waals surface area contributed by atoms with Crippen molar-refractivity contribution in [3.8, 4) is 22.8 Å². The van der Waals surface area contributed by atoms with E-state index in [9.17, 15) is 27.9 Å². The van der Waals surface area contributed by atoms with Gasteiger partial charge >= 0.3 is 6.18 Å². The molecule has 4 N–H and O–H groups in total. The molecule has 10 nitrogen and oxygen atoms in total.